The molecule has 0 aliphatic carbocycles. The molecule has 0 aromatic carbocycles. The Morgan fingerprint density at radius 2 is 2.12 bits per heavy atom. The number of ether oxygens (including phenoxy) is 4. The van der Waals surface area contributed by atoms with Gasteiger partial charge in [0.05, 0.1) is 17.7 Å². The Morgan fingerprint density at radius 1 is 1.42 bits per heavy atom. The van der Waals surface area contributed by atoms with Crippen molar-refractivity contribution in [1.82, 2.24) is 4.90 Å². The van der Waals surface area contributed by atoms with Crippen molar-refractivity contribution in [2.45, 2.75) is 71.4 Å². The number of hydrogen-bond donors (Lipinski definition) is 0. The van der Waals surface area contributed by atoms with Crippen molar-refractivity contribution in [2.75, 3.05) is 13.2 Å². The second kappa shape index (κ2) is 7.42. The number of rotatable bonds is 5. The minimum atomic E-state index is -0.493. The molecule has 7 nitrogen and oxygen atoms in total. The van der Waals surface area contributed by atoms with E-state index in [1.807, 2.05) is 33.8 Å². The van der Waals surface area contributed by atoms with Crippen LogP contribution in [0.3, 0.4) is 0 Å². The van der Waals surface area contributed by atoms with E-state index in [1.54, 1.807) is 4.90 Å². The van der Waals surface area contributed by atoms with Crippen molar-refractivity contribution in [1.29, 1.82) is 0 Å². The quantitative estimate of drug-likeness (QED) is 0.716. The van der Waals surface area contributed by atoms with Crippen LogP contribution in [-0.4, -0.2) is 54.2 Å². The number of carbonyl (C=O) groups excluding carboxylic acids is 2. The van der Waals surface area contributed by atoms with E-state index in [0.717, 1.165) is 6.42 Å². The molecule has 3 atom stereocenters. The molecule has 1 amide bonds. The van der Waals surface area contributed by atoms with Gasteiger partial charge in [0.25, 0.3) is 0 Å². The van der Waals surface area contributed by atoms with Crippen LogP contribution in [0.5, 0.6) is 0 Å². The van der Waals surface area contributed by atoms with E-state index in [-0.39, 0.29) is 36.4 Å². The first kappa shape index (κ1) is 18.6. The molecule has 24 heavy (non-hydrogen) atoms. The molecular weight excluding hydrogens is 314 g/mol. The number of cyclic esters (lactones) is 1. The summed E-state index contributed by atoms with van der Waals surface area (Å²) in [5, 5.41) is 0. The van der Waals surface area contributed by atoms with Crippen LogP contribution in [-0.2, 0) is 23.7 Å². The lowest BCUT2D eigenvalue weighted by Gasteiger charge is -2.37. The summed E-state index contributed by atoms with van der Waals surface area (Å²) in [6, 6.07) is -0.0223. The molecular formula is C17H27NO6. The first-order chi connectivity index (χ1) is 11.2. The predicted octanol–water partition coefficient (Wildman–Crippen LogP) is 2.59. The fourth-order valence-electron chi connectivity index (χ4n) is 2.84. The molecule has 1 fully saturated rings. The number of amides is 1. The average Bonchev–Trinajstić information content (AvgIpc) is 2.84. The Hall–Kier alpha value is -1.76. The normalized spacial score (nSPS) is 27.4. The largest absolute Gasteiger partial charge is 0.471 e. The average molecular weight is 341 g/mol. The standard InChI is InChI=1S/C17H27NO6/c1-6-12-9-22-16(20)18(12)15-8-13(24-17(3,4)5)7-14(23-15)10-21-11(2)19/h7,12-13,15H,6,8-10H2,1-5H3/t12-,13+,15-/m1/s1. The molecule has 0 unspecified atom stereocenters. The fraction of sp³-hybridized carbons (Fsp3) is 0.765. The van der Waals surface area contributed by atoms with Crippen molar-refractivity contribution in [3.63, 3.8) is 0 Å². The van der Waals surface area contributed by atoms with Gasteiger partial charge in [-0.2, -0.15) is 0 Å². The van der Waals surface area contributed by atoms with Crippen molar-refractivity contribution in [3.8, 4) is 0 Å². The van der Waals surface area contributed by atoms with E-state index in [9.17, 15) is 9.59 Å². The van der Waals surface area contributed by atoms with Crippen LogP contribution >= 0.6 is 0 Å². The summed E-state index contributed by atoms with van der Waals surface area (Å²) in [6.45, 7) is 9.64. The summed E-state index contributed by atoms with van der Waals surface area (Å²) >= 11 is 0. The van der Waals surface area contributed by atoms with Crippen LogP contribution in [0, 0.1) is 0 Å². The lowest BCUT2D eigenvalue weighted by Crippen LogP contribution is -2.47. The highest BCUT2D eigenvalue weighted by Gasteiger charge is 2.41. The molecule has 0 saturated carbocycles. The van der Waals surface area contributed by atoms with Gasteiger partial charge >= 0.3 is 12.1 Å². The second-order valence-corrected chi connectivity index (χ2v) is 7.04. The third-order valence-electron chi connectivity index (χ3n) is 3.80. The molecule has 0 aromatic rings. The van der Waals surface area contributed by atoms with Gasteiger partial charge < -0.3 is 18.9 Å². The van der Waals surface area contributed by atoms with Crippen molar-refractivity contribution < 1.29 is 28.5 Å². The van der Waals surface area contributed by atoms with Crippen LogP contribution in [0.25, 0.3) is 0 Å². The second-order valence-electron chi connectivity index (χ2n) is 7.04. The molecule has 0 spiro atoms. The summed E-state index contributed by atoms with van der Waals surface area (Å²) in [6.07, 6.45) is 1.99. The maximum Gasteiger partial charge on any atom is 0.413 e. The molecule has 2 aliphatic rings. The van der Waals surface area contributed by atoms with Gasteiger partial charge in [0.15, 0.2) is 6.23 Å². The number of hydrogen-bond acceptors (Lipinski definition) is 6. The summed E-state index contributed by atoms with van der Waals surface area (Å²) in [7, 11) is 0. The van der Waals surface area contributed by atoms with Gasteiger partial charge in [-0.25, -0.2) is 4.79 Å². The topological polar surface area (TPSA) is 74.3 Å². The van der Waals surface area contributed by atoms with Crippen LogP contribution in [0.1, 0.15) is 47.5 Å². The summed E-state index contributed by atoms with van der Waals surface area (Å²) in [5.41, 5.74) is -0.342. The molecule has 0 N–H and O–H groups in total. The summed E-state index contributed by atoms with van der Waals surface area (Å²) in [4.78, 5) is 24.8. The zero-order valence-corrected chi connectivity index (χ0v) is 15.0. The molecule has 0 bridgehead atoms. The monoisotopic (exact) mass is 341 g/mol. The van der Waals surface area contributed by atoms with Crippen molar-refractivity contribution in [3.05, 3.63) is 11.8 Å². The van der Waals surface area contributed by atoms with E-state index in [4.69, 9.17) is 18.9 Å². The SMILES string of the molecule is CC[C@@H]1COC(=O)N1[C@H]1C[C@@H](OC(C)(C)C)C=C(COC(C)=O)O1. The Kier molecular flexibility index (Phi) is 5.74. The van der Waals surface area contributed by atoms with Crippen molar-refractivity contribution in [2.24, 2.45) is 0 Å². The molecule has 136 valence electrons. The Morgan fingerprint density at radius 3 is 2.71 bits per heavy atom. The smallest absolute Gasteiger partial charge is 0.413 e. The molecule has 7 heteroatoms. The maximum atomic E-state index is 12.1. The third kappa shape index (κ3) is 4.87. The van der Waals surface area contributed by atoms with Gasteiger partial charge in [0.1, 0.15) is 19.0 Å². The molecule has 2 aliphatic heterocycles. The van der Waals surface area contributed by atoms with E-state index >= 15 is 0 Å². The van der Waals surface area contributed by atoms with Gasteiger partial charge in [-0.05, 0) is 33.3 Å². The molecule has 1 saturated heterocycles. The minimum Gasteiger partial charge on any atom is -0.471 e. The number of esters is 1. The van der Waals surface area contributed by atoms with Crippen LogP contribution in [0.15, 0.2) is 11.8 Å². The zero-order valence-electron chi connectivity index (χ0n) is 15.0. The number of nitrogens with zero attached hydrogens (tertiary/aromatic N) is 1. The highest BCUT2D eigenvalue weighted by atomic mass is 16.6. The van der Waals surface area contributed by atoms with Gasteiger partial charge in [0, 0.05) is 13.3 Å². The highest BCUT2D eigenvalue weighted by molar-refractivity contribution is 5.70. The Labute approximate surface area is 142 Å². The van der Waals surface area contributed by atoms with E-state index < -0.39 is 6.23 Å². The van der Waals surface area contributed by atoms with Gasteiger partial charge in [0.2, 0.25) is 0 Å². The van der Waals surface area contributed by atoms with Gasteiger partial charge in [-0.1, -0.05) is 6.92 Å². The fourth-order valence-corrected chi connectivity index (χ4v) is 2.84. The lowest BCUT2D eigenvalue weighted by molar-refractivity contribution is -0.144. The third-order valence-corrected chi connectivity index (χ3v) is 3.80. The van der Waals surface area contributed by atoms with Crippen LogP contribution < -0.4 is 0 Å². The molecule has 0 radical (unpaired) electrons. The van der Waals surface area contributed by atoms with Crippen LogP contribution in [0.2, 0.25) is 0 Å². The maximum absolute atomic E-state index is 12.1. The molecule has 2 heterocycles. The Balaban J connectivity index is 2.16. The minimum absolute atomic E-state index is 0.0223. The van der Waals surface area contributed by atoms with Crippen LogP contribution in [0.4, 0.5) is 4.79 Å². The van der Waals surface area contributed by atoms with Gasteiger partial charge in [-0.15, -0.1) is 0 Å². The van der Waals surface area contributed by atoms with E-state index in [2.05, 4.69) is 0 Å². The molecule has 0 aromatic heterocycles. The first-order valence-electron chi connectivity index (χ1n) is 8.33. The predicted molar refractivity (Wildman–Crippen MR) is 86.1 cm³/mol. The number of carbonyl (C=O) groups is 2. The zero-order chi connectivity index (χ0) is 17.9. The van der Waals surface area contributed by atoms with E-state index in [1.165, 1.54) is 6.92 Å². The van der Waals surface area contributed by atoms with Crippen molar-refractivity contribution >= 4 is 12.1 Å². The van der Waals surface area contributed by atoms with E-state index in [0.29, 0.717) is 18.8 Å². The lowest BCUT2D eigenvalue weighted by atomic mass is 10.1. The Bertz CT molecular complexity index is 510. The first-order valence-corrected chi connectivity index (χ1v) is 8.33. The summed E-state index contributed by atoms with van der Waals surface area (Å²) in [5.74, 6) is 0.104. The van der Waals surface area contributed by atoms with Gasteiger partial charge in [-0.3, -0.25) is 9.69 Å². The summed E-state index contributed by atoms with van der Waals surface area (Å²) < 4.78 is 22.1. The molecule has 2 rings (SSSR count). The highest BCUT2D eigenvalue weighted by Crippen LogP contribution is 2.30.